The average molecular weight is 412 g/mol. The molecule has 2 N–H and O–H groups in total. The lowest BCUT2D eigenvalue weighted by atomic mass is 9.96. The molecule has 1 amide bonds. The minimum Gasteiger partial charge on any atom is -0.494 e. The number of hydrogen-bond donors (Lipinski definition) is 2. The molecule has 0 bridgehead atoms. The smallest absolute Gasteiger partial charge is 0.231 e. The first-order valence-electron chi connectivity index (χ1n) is 9.41. The van der Waals surface area contributed by atoms with Crippen molar-refractivity contribution < 1.29 is 9.53 Å². The van der Waals surface area contributed by atoms with E-state index in [4.69, 9.17) is 17.0 Å². The normalized spacial score (nSPS) is 11.3. The van der Waals surface area contributed by atoms with Crippen molar-refractivity contribution in [2.45, 2.75) is 34.6 Å². The van der Waals surface area contributed by atoms with Gasteiger partial charge >= 0.3 is 0 Å². The summed E-state index contributed by atoms with van der Waals surface area (Å²) in [6.45, 7) is 10.0. The minimum absolute atomic E-state index is 0.143. The lowest BCUT2D eigenvalue weighted by molar-refractivity contribution is -0.126. The maximum atomic E-state index is 12.1. The van der Waals surface area contributed by atoms with Gasteiger partial charge in [0.1, 0.15) is 16.8 Å². The van der Waals surface area contributed by atoms with Gasteiger partial charge in [-0.15, -0.1) is 10.2 Å². The number of amides is 1. The summed E-state index contributed by atoms with van der Waals surface area (Å²) >= 11 is 5.28. The van der Waals surface area contributed by atoms with Gasteiger partial charge in [0, 0.05) is 11.1 Å². The zero-order valence-corrected chi connectivity index (χ0v) is 18.1. The number of thiocarbonyl (C=S) groups is 1. The highest BCUT2D eigenvalue weighted by atomic mass is 32.1. The van der Waals surface area contributed by atoms with Crippen molar-refractivity contribution in [2.75, 3.05) is 11.9 Å². The van der Waals surface area contributed by atoms with E-state index in [1.165, 1.54) is 0 Å². The number of rotatable bonds is 4. The van der Waals surface area contributed by atoms with Gasteiger partial charge in [-0.2, -0.15) is 4.80 Å². The van der Waals surface area contributed by atoms with Crippen LogP contribution in [0.3, 0.4) is 0 Å². The molecule has 8 heteroatoms. The van der Waals surface area contributed by atoms with Gasteiger partial charge in [-0.25, -0.2) is 0 Å². The molecule has 7 nitrogen and oxygen atoms in total. The Labute approximate surface area is 175 Å². The molecule has 3 rings (SSSR count). The summed E-state index contributed by atoms with van der Waals surface area (Å²) in [4.78, 5) is 13.7. The van der Waals surface area contributed by atoms with Crippen LogP contribution in [0.5, 0.6) is 5.75 Å². The van der Waals surface area contributed by atoms with Crippen molar-refractivity contribution in [1.82, 2.24) is 20.3 Å². The third-order valence-electron chi connectivity index (χ3n) is 4.26. The molecule has 2 aromatic carbocycles. The molecule has 0 saturated carbocycles. The number of carbonyl (C=O) groups is 1. The Morgan fingerprint density at radius 3 is 2.34 bits per heavy atom. The number of nitrogens with zero attached hydrogens (tertiary/aromatic N) is 3. The Bertz CT molecular complexity index is 1050. The van der Waals surface area contributed by atoms with Gasteiger partial charge in [0.2, 0.25) is 5.91 Å². The molecule has 29 heavy (non-hydrogen) atoms. The first-order chi connectivity index (χ1) is 13.7. The molecule has 152 valence electrons. The molecule has 1 aromatic heterocycles. The van der Waals surface area contributed by atoms with E-state index in [1.807, 2.05) is 71.0 Å². The number of carbonyl (C=O) groups excluding carboxylic acids is 1. The van der Waals surface area contributed by atoms with Crippen LogP contribution in [0.15, 0.2) is 36.4 Å². The van der Waals surface area contributed by atoms with Crippen molar-refractivity contribution in [1.29, 1.82) is 0 Å². The zero-order valence-electron chi connectivity index (χ0n) is 17.2. The number of ether oxygens (including phenoxy) is 1. The monoisotopic (exact) mass is 411 g/mol. The molecule has 0 fully saturated rings. The van der Waals surface area contributed by atoms with E-state index in [0.29, 0.717) is 6.61 Å². The number of nitrogens with one attached hydrogen (secondary N) is 2. The summed E-state index contributed by atoms with van der Waals surface area (Å²) in [7, 11) is 0. The molecule has 0 aliphatic heterocycles. The van der Waals surface area contributed by atoms with E-state index in [1.54, 1.807) is 4.80 Å². The van der Waals surface area contributed by atoms with E-state index in [-0.39, 0.29) is 11.0 Å². The van der Waals surface area contributed by atoms with Gasteiger partial charge in [-0.05, 0) is 68.0 Å². The third-order valence-corrected chi connectivity index (χ3v) is 4.47. The van der Waals surface area contributed by atoms with Crippen molar-refractivity contribution in [3.05, 3.63) is 42.0 Å². The lowest BCUT2D eigenvalue weighted by Gasteiger charge is -2.19. The Balaban J connectivity index is 1.82. The second-order valence-electron chi connectivity index (χ2n) is 7.73. The number of hydrogen-bond acceptors (Lipinski definition) is 5. The molecule has 0 aliphatic carbocycles. The molecule has 0 saturated heterocycles. The van der Waals surface area contributed by atoms with Gasteiger partial charge in [0.05, 0.1) is 12.3 Å². The van der Waals surface area contributed by atoms with Crippen LogP contribution in [0.2, 0.25) is 0 Å². The predicted octanol–water partition coefficient (Wildman–Crippen LogP) is 3.99. The number of anilines is 1. The fourth-order valence-corrected chi connectivity index (χ4v) is 2.81. The van der Waals surface area contributed by atoms with E-state index in [0.717, 1.165) is 33.7 Å². The van der Waals surface area contributed by atoms with Gasteiger partial charge < -0.3 is 15.4 Å². The van der Waals surface area contributed by atoms with Crippen LogP contribution in [-0.2, 0) is 4.79 Å². The number of benzene rings is 2. The number of aromatic nitrogens is 3. The third kappa shape index (κ3) is 4.89. The predicted molar refractivity (Wildman–Crippen MR) is 119 cm³/mol. The Morgan fingerprint density at radius 1 is 1.14 bits per heavy atom. The maximum absolute atomic E-state index is 12.1. The summed E-state index contributed by atoms with van der Waals surface area (Å²) in [5.41, 5.74) is 3.53. The largest absolute Gasteiger partial charge is 0.494 e. The maximum Gasteiger partial charge on any atom is 0.231 e. The van der Waals surface area contributed by atoms with Crippen LogP contribution in [-0.4, -0.2) is 32.6 Å². The van der Waals surface area contributed by atoms with Crippen LogP contribution in [0.25, 0.3) is 16.7 Å². The molecule has 3 aromatic rings. The van der Waals surface area contributed by atoms with Crippen LogP contribution < -0.4 is 15.4 Å². The Hall–Kier alpha value is -3.00. The lowest BCUT2D eigenvalue weighted by Crippen LogP contribution is -2.41. The zero-order chi connectivity index (χ0) is 21.2. The summed E-state index contributed by atoms with van der Waals surface area (Å²) < 4.78 is 5.47. The van der Waals surface area contributed by atoms with E-state index < -0.39 is 5.41 Å². The molecule has 0 spiro atoms. The van der Waals surface area contributed by atoms with Crippen LogP contribution in [0.1, 0.15) is 33.3 Å². The van der Waals surface area contributed by atoms with Crippen molar-refractivity contribution in [3.63, 3.8) is 0 Å². The van der Waals surface area contributed by atoms with E-state index >= 15 is 0 Å². The number of aryl methyl sites for hydroxylation is 1. The molecule has 0 unspecified atom stereocenters. The van der Waals surface area contributed by atoms with Crippen LogP contribution in [0.4, 0.5) is 5.69 Å². The standard InChI is InChI=1S/C21H25N5O2S/c1-6-28-15-9-7-14(8-10-15)26-24-17-11-13(2)16(12-18(17)25-26)22-20(29)23-19(27)21(3,4)5/h7-12H,6H2,1-5H3,(H2,22,23,27,29). The minimum atomic E-state index is -0.523. The van der Waals surface area contributed by atoms with Crippen molar-refractivity contribution in [3.8, 4) is 11.4 Å². The Morgan fingerprint density at radius 2 is 1.76 bits per heavy atom. The van der Waals surface area contributed by atoms with E-state index in [9.17, 15) is 4.79 Å². The highest BCUT2D eigenvalue weighted by Gasteiger charge is 2.22. The summed E-state index contributed by atoms with van der Waals surface area (Å²) in [5, 5.41) is 15.2. The topological polar surface area (TPSA) is 81.1 Å². The van der Waals surface area contributed by atoms with Gasteiger partial charge in [0.25, 0.3) is 0 Å². The molecular formula is C21H25N5O2S. The summed E-state index contributed by atoms with van der Waals surface area (Å²) in [5.74, 6) is 0.663. The molecule has 0 aliphatic rings. The van der Waals surface area contributed by atoms with Gasteiger partial charge in [-0.1, -0.05) is 20.8 Å². The fourth-order valence-electron chi connectivity index (χ4n) is 2.60. The van der Waals surface area contributed by atoms with Crippen molar-refractivity contribution >= 4 is 40.0 Å². The fraction of sp³-hybridized carbons (Fsp3) is 0.333. The quantitative estimate of drug-likeness (QED) is 0.632. The molecular weight excluding hydrogens is 386 g/mol. The first-order valence-corrected chi connectivity index (χ1v) is 9.81. The summed E-state index contributed by atoms with van der Waals surface area (Å²) in [6.07, 6.45) is 0. The van der Waals surface area contributed by atoms with E-state index in [2.05, 4.69) is 20.8 Å². The first kappa shape index (κ1) is 20.7. The second kappa shape index (κ2) is 8.16. The second-order valence-corrected chi connectivity index (χ2v) is 8.14. The highest BCUT2D eigenvalue weighted by Crippen LogP contribution is 2.23. The van der Waals surface area contributed by atoms with Crippen molar-refractivity contribution in [2.24, 2.45) is 5.41 Å². The van der Waals surface area contributed by atoms with Crippen LogP contribution in [0, 0.1) is 12.3 Å². The van der Waals surface area contributed by atoms with Gasteiger partial charge in [0.15, 0.2) is 5.11 Å². The van der Waals surface area contributed by atoms with Crippen LogP contribution >= 0.6 is 12.2 Å². The highest BCUT2D eigenvalue weighted by molar-refractivity contribution is 7.80. The average Bonchev–Trinajstić information content (AvgIpc) is 3.04. The summed E-state index contributed by atoms with van der Waals surface area (Å²) in [6, 6.07) is 11.4. The SMILES string of the molecule is CCOc1ccc(-n2nc3cc(C)c(NC(=S)NC(=O)C(C)(C)C)cc3n2)cc1. The number of fused-ring (bicyclic) bond motifs is 1. The molecule has 0 radical (unpaired) electrons. The Kier molecular flexibility index (Phi) is 5.83. The molecule has 0 atom stereocenters. The molecule has 1 heterocycles. The van der Waals surface area contributed by atoms with Gasteiger partial charge in [-0.3, -0.25) is 4.79 Å².